The fourth-order valence-electron chi connectivity index (χ4n) is 12.9. The van der Waals surface area contributed by atoms with Crippen molar-refractivity contribution in [3.63, 3.8) is 0 Å². The van der Waals surface area contributed by atoms with Crippen LogP contribution in [-0.2, 0) is 21.7 Å². The Bertz CT molecular complexity index is 3370. The van der Waals surface area contributed by atoms with Gasteiger partial charge in [-0.25, -0.2) is 0 Å². The van der Waals surface area contributed by atoms with Crippen LogP contribution in [-0.4, -0.2) is 0 Å². The van der Waals surface area contributed by atoms with Crippen molar-refractivity contribution in [2.24, 2.45) is 5.92 Å². The standard InChI is InChI=1S/C60H50S/c1-57(2)45-23-19-33-13-9-11-15-37(33)55(45)43-31-49-41(29-51(43)57)39-21-17-35(27-47(39)59(49,5)6)53-25-26-54(61-53)36-18-22-40-42-30-52-44(32-50(42)60(7,8)48(40)28-36)56-38-16-12-10-14-34(38)20-24-46(56)58(52,3)4/h9-32,41,49H,1-8H3. The molecule has 5 aliphatic rings. The maximum atomic E-state index is 2.67. The Labute approximate surface area is 364 Å². The van der Waals surface area contributed by atoms with Crippen LogP contribution < -0.4 is 0 Å². The number of allylic oxidation sites excluding steroid dienone is 4. The normalized spacial score (nSPS) is 20.9. The first-order chi connectivity index (χ1) is 29.2. The minimum atomic E-state index is -0.108. The average Bonchev–Trinajstić information content (AvgIpc) is 4.01. The van der Waals surface area contributed by atoms with Gasteiger partial charge in [-0.15, -0.1) is 11.3 Å². The zero-order valence-electron chi connectivity index (χ0n) is 36.4. The third-order valence-corrected chi connectivity index (χ3v) is 17.6. The topological polar surface area (TPSA) is 0 Å². The van der Waals surface area contributed by atoms with E-state index < -0.39 is 0 Å². The van der Waals surface area contributed by atoms with E-state index in [2.05, 4.69) is 201 Å². The molecule has 0 N–H and O–H groups in total. The summed E-state index contributed by atoms with van der Waals surface area (Å²) >= 11 is 1.93. The smallest absolute Gasteiger partial charge is 0.0349 e. The van der Waals surface area contributed by atoms with Crippen molar-refractivity contribution in [1.29, 1.82) is 0 Å². The second-order valence-corrected chi connectivity index (χ2v) is 22.0. The van der Waals surface area contributed by atoms with E-state index in [4.69, 9.17) is 0 Å². The Morgan fingerprint density at radius 1 is 0.426 bits per heavy atom. The molecular weight excluding hydrogens is 753 g/mol. The summed E-state index contributed by atoms with van der Waals surface area (Å²) in [6.45, 7) is 19.5. The zero-order chi connectivity index (χ0) is 41.5. The highest BCUT2D eigenvalue weighted by Gasteiger charge is 2.50. The van der Waals surface area contributed by atoms with Gasteiger partial charge in [0.25, 0.3) is 0 Å². The largest absolute Gasteiger partial charge is 0.135 e. The van der Waals surface area contributed by atoms with E-state index in [0.717, 1.165) is 0 Å². The summed E-state index contributed by atoms with van der Waals surface area (Å²) in [4.78, 5) is 2.67. The summed E-state index contributed by atoms with van der Waals surface area (Å²) < 4.78 is 0. The highest BCUT2D eigenvalue weighted by molar-refractivity contribution is 7.18. The predicted molar refractivity (Wildman–Crippen MR) is 260 cm³/mol. The van der Waals surface area contributed by atoms with Crippen LogP contribution in [0.3, 0.4) is 0 Å². The molecule has 0 fully saturated rings. The van der Waals surface area contributed by atoms with Crippen molar-refractivity contribution < 1.29 is 0 Å². The molecule has 0 nitrogen and oxygen atoms in total. The summed E-state index contributed by atoms with van der Waals surface area (Å²) in [5.74, 6) is 0.799. The molecular formula is C60H50S. The van der Waals surface area contributed by atoms with Gasteiger partial charge >= 0.3 is 0 Å². The number of fused-ring (bicyclic) bond motifs is 16. The predicted octanol–water partition coefficient (Wildman–Crippen LogP) is 16.3. The molecule has 0 amide bonds. The molecule has 0 radical (unpaired) electrons. The van der Waals surface area contributed by atoms with Gasteiger partial charge in [-0.05, 0) is 158 Å². The molecule has 61 heavy (non-hydrogen) atoms. The fraction of sp³-hybridized carbons (Fsp3) is 0.233. The highest BCUT2D eigenvalue weighted by atomic mass is 32.1. The van der Waals surface area contributed by atoms with E-state index >= 15 is 0 Å². The zero-order valence-corrected chi connectivity index (χ0v) is 37.2. The molecule has 13 rings (SSSR count). The molecule has 0 saturated carbocycles. The van der Waals surface area contributed by atoms with Crippen LogP contribution in [0.1, 0.15) is 106 Å². The molecule has 7 aromatic carbocycles. The summed E-state index contributed by atoms with van der Waals surface area (Å²) in [5, 5.41) is 5.39. The molecule has 0 bridgehead atoms. The Balaban J connectivity index is 0.849. The van der Waals surface area contributed by atoms with E-state index in [9.17, 15) is 0 Å². The van der Waals surface area contributed by atoms with Gasteiger partial charge in [0, 0.05) is 31.9 Å². The van der Waals surface area contributed by atoms with Crippen molar-refractivity contribution in [3.05, 3.63) is 196 Å². The van der Waals surface area contributed by atoms with Crippen LogP contribution >= 0.6 is 11.3 Å². The van der Waals surface area contributed by atoms with Crippen LogP contribution in [0, 0.1) is 5.92 Å². The van der Waals surface area contributed by atoms with E-state index in [1.807, 2.05) is 11.3 Å². The Morgan fingerprint density at radius 2 is 0.984 bits per heavy atom. The van der Waals surface area contributed by atoms with E-state index in [1.54, 1.807) is 0 Å². The molecule has 2 atom stereocenters. The lowest BCUT2D eigenvalue weighted by atomic mass is 9.70. The van der Waals surface area contributed by atoms with Gasteiger partial charge in [0.15, 0.2) is 0 Å². The minimum Gasteiger partial charge on any atom is -0.135 e. The van der Waals surface area contributed by atoms with E-state index in [-0.39, 0.29) is 21.7 Å². The molecule has 0 spiro atoms. The van der Waals surface area contributed by atoms with Crippen LogP contribution in [0.2, 0.25) is 0 Å². The average molecular weight is 803 g/mol. The molecule has 5 aliphatic carbocycles. The van der Waals surface area contributed by atoms with Crippen molar-refractivity contribution >= 4 is 38.5 Å². The lowest BCUT2D eigenvalue weighted by molar-refractivity contribution is 0.393. The van der Waals surface area contributed by atoms with Gasteiger partial charge < -0.3 is 0 Å². The molecule has 1 aromatic heterocycles. The minimum absolute atomic E-state index is 0.00772. The molecule has 0 aliphatic heterocycles. The Hall–Kier alpha value is -5.76. The number of hydrogen-bond donors (Lipinski definition) is 0. The summed E-state index contributed by atoms with van der Waals surface area (Å²) in [5.41, 5.74) is 22.8. The van der Waals surface area contributed by atoms with Crippen molar-refractivity contribution in [2.45, 2.75) is 83.0 Å². The Kier molecular flexibility index (Phi) is 6.82. The molecule has 1 heterocycles. The highest BCUT2D eigenvalue weighted by Crippen LogP contribution is 2.62. The first-order valence-corrected chi connectivity index (χ1v) is 23.1. The van der Waals surface area contributed by atoms with Gasteiger partial charge in [-0.1, -0.05) is 165 Å². The molecule has 2 unspecified atom stereocenters. The monoisotopic (exact) mass is 802 g/mol. The SMILES string of the molecule is CC1(C)C2=CC3c4ccc(-c5ccc(-c6ccc7c(c6)C(C)(C)c6cc8c(cc6-7)C(C)(C)c6ccc7ccccc7c6-8)s5)cc4C(C)(C)C3C=C2c2c1ccc1ccccc21. The van der Waals surface area contributed by atoms with Crippen molar-refractivity contribution in [1.82, 2.24) is 0 Å². The maximum Gasteiger partial charge on any atom is 0.0349 e. The second-order valence-electron chi connectivity index (χ2n) is 20.9. The second kappa shape index (κ2) is 11.6. The first-order valence-electron chi connectivity index (χ1n) is 22.3. The summed E-state index contributed by atoms with van der Waals surface area (Å²) in [6.07, 6.45) is 5.33. The van der Waals surface area contributed by atoms with Gasteiger partial charge in [-0.3, -0.25) is 0 Å². The number of rotatable bonds is 2. The number of thiophene rings is 1. The molecule has 8 aromatic rings. The summed E-state index contributed by atoms with van der Waals surface area (Å²) in [6, 6.07) is 51.8. The third kappa shape index (κ3) is 4.51. The molecule has 1 heteroatoms. The lowest BCUT2D eigenvalue weighted by Crippen LogP contribution is -2.27. The van der Waals surface area contributed by atoms with Crippen molar-refractivity contribution in [3.8, 4) is 43.1 Å². The Morgan fingerprint density at radius 3 is 1.69 bits per heavy atom. The van der Waals surface area contributed by atoms with Crippen LogP contribution in [0.25, 0.3) is 70.3 Å². The van der Waals surface area contributed by atoms with E-state index in [0.29, 0.717) is 11.8 Å². The lowest BCUT2D eigenvalue weighted by Gasteiger charge is -2.33. The fourth-order valence-corrected chi connectivity index (χ4v) is 13.9. The van der Waals surface area contributed by atoms with E-state index in [1.165, 1.54) is 120 Å². The quantitative estimate of drug-likeness (QED) is 0.163. The maximum absolute atomic E-state index is 2.67. The van der Waals surface area contributed by atoms with Crippen LogP contribution in [0.5, 0.6) is 0 Å². The van der Waals surface area contributed by atoms with Crippen LogP contribution in [0.4, 0.5) is 0 Å². The third-order valence-electron chi connectivity index (χ3n) is 16.4. The van der Waals surface area contributed by atoms with Crippen LogP contribution in [0.15, 0.2) is 151 Å². The number of benzene rings is 7. The van der Waals surface area contributed by atoms with Gasteiger partial charge in [0.2, 0.25) is 0 Å². The molecule has 0 saturated heterocycles. The van der Waals surface area contributed by atoms with Gasteiger partial charge in [0.1, 0.15) is 0 Å². The summed E-state index contributed by atoms with van der Waals surface area (Å²) in [7, 11) is 0. The van der Waals surface area contributed by atoms with Gasteiger partial charge in [-0.2, -0.15) is 0 Å². The molecule has 296 valence electrons. The van der Waals surface area contributed by atoms with Crippen molar-refractivity contribution in [2.75, 3.05) is 0 Å². The first kappa shape index (κ1) is 35.9. The number of hydrogen-bond acceptors (Lipinski definition) is 1. The van der Waals surface area contributed by atoms with Gasteiger partial charge in [0.05, 0.1) is 0 Å².